The van der Waals surface area contributed by atoms with Crippen LogP contribution >= 0.6 is 11.3 Å². The fourth-order valence-electron chi connectivity index (χ4n) is 10.4. The molecule has 3 heterocycles. The molecule has 0 atom stereocenters. The molecule has 0 saturated heterocycles. The Kier molecular flexibility index (Phi) is 6.56. The Morgan fingerprint density at radius 2 is 0.759 bits per heavy atom. The van der Waals surface area contributed by atoms with E-state index in [2.05, 4.69) is 215 Å². The largest absolute Gasteiger partial charge is 0.309 e. The number of rotatable bonds is 4. The Labute approximate surface area is 339 Å². The summed E-state index contributed by atoms with van der Waals surface area (Å²) in [6.07, 6.45) is 0. The molecule has 0 fully saturated rings. The molecule has 0 unspecified atom stereocenters. The predicted molar refractivity (Wildman–Crippen MR) is 245 cm³/mol. The molecule has 3 aromatic heterocycles. The molecule has 0 radical (unpaired) electrons. The lowest BCUT2D eigenvalue weighted by Gasteiger charge is -2.34. The average Bonchev–Trinajstić information content (AvgIpc) is 4.01. The van der Waals surface area contributed by atoms with Crippen molar-refractivity contribution in [2.45, 2.75) is 5.41 Å². The molecule has 58 heavy (non-hydrogen) atoms. The van der Waals surface area contributed by atoms with Crippen molar-refractivity contribution in [1.82, 2.24) is 9.13 Å². The lowest BCUT2D eigenvalue weighted by atomic mass is 9.67. The molecule has 0 aliphatic heterocycles. The average molecular weight is 755 g/mol. The molecular formula is C55H34N2S. The molecule has 2 nitrogen and oxygen atoms in total. The van der Waals surface area contributed by atoms with Crippen LogP contribution in [-0.4, -0.2) is 9.13 Å². The van der Waals surface area contributed by atoms with E-state index in [1.54, 1.807) is 0 Å². The third-order valence-corrected chi connectivity index (χ3v) is 13.9. The van der Waals surface area contributed by atoms with Crippen LogP contribution in [0.25, 0.3) is 86.3 Å². The quantitative estimate of drug-likeness (QED) is 0.169. The minimum atomic E-state index is -0.576. The van der Waals surface area contributed by atoms with Gasteiger partial charge in [-0.15, -0.1) is 11.3 Å². The monoisotopic (exact) mass is 754 g/mol. The molecule has 1 aliphatic carbocycles. The van der Waals surface area contributed by atoms with Gasteiger partial charge in [-0.1, -0.05) is 146 Å². The fraction of sp³-hybridized carbons (Fsp3) is 0.0182. The highest BCUT2D eigenvalue weighted by atomic mass is 32.1. The van der Waals surface area contributed by atoms with Gasteiger partial charge in [0.2, 0.25) is 0 Å². The summed E-state index contributed by atoms with van der Waals surface area (Å²) in [6.45, 7) is 0. The summed E-state index contributed by atoms with van der Waals surface area (Å²) >= 11 is 1.88. The van der Waals surface area contributed by atoms with Gasteiger partial charge in [-0.2, -0.15) is 0 Å². The number of para-hydroxylation sites is 3. The van der Waals surface area contributed by atoms with Crippen molar-refractivity contribution in [1.29, 1.82) is 0 Å². The van der Waals surface area contributed by atoms with Gasteiger partial charge < -0.3 is 9.13 Å². The van der Waals surface area contributed by atoms with Gasteiger partial charge in [0.15, 0.2) is 0 Å². The lowest BCUT2D eigenvalue weighted by Crippen LogP contribution is -2.28. The number of hydrogen-bond acceptors (Lipinski definition) is 1. The van der Waals surface area contributed by atoms with Crippen molar-refractivity contribution in [3.8, 4) is 22.5 Å². The van der Waals surface area contributed by atoms with E-state index in [1.165, 1.54) is 97.2 Å². The van der Waals surface area contributed by atoms with E-state index in [9.17, 15) is 0 Å². The Bertz CT molecular complexity index is 3530. The van der Waals surface area contributed by atoms with Crippen molar-refractivity contribution >= 4 is 75.1 Å². The third-order valence-electron chi connectivity index (χ3n) is 12.8. The van der Waals surface area contributed by atoms with Gasteiger partial charge in [-0.25, -0.2) is 0 Å². The molecule has 0 bridgehead atoms. The molecule has 0 saturated carbocycles. The van der Waals surface area contributed by atoms with Crippen LogP contribution in [0.2, 0.25) is 0 Å². The van der Waals surface area contributed by atoms with Crippen LogP contribution in [0.1, 0.15) is 22.3 Å². The molecular weight excluding hydrogens is 721 g/mol. The van der Waals surface area contributed by atoms with E-state index in [0.29, 0.717) is 0 Å². The fourth-order valence-corrected chi connectivity index (χ4v) is 11.5. The number of aromatic nitrogens is 2. The number of fused-ring (bicyclic) bond motifs is 12. The summed E-state index contributed by atoms with van der Waals surface area (Å²) in [7, 11) is 0. The minimum Gasteiger partial charge on any atom is -0.309 e. The first-order chi connectivity index (χ1) is 28.8. The summed E-state index contributed by atoms with van der Waals surface area (Å²) in [5.41, 5.74) is 14.3. The van der Waals surface area contributed by atoms with Crippen molar-refractivity contribution in [3.63, 3.8) is 0 Å². The van der Waals surface area contributed by atoms with Gasteiger partial charge in [0.05, 0.1) is 27.5 Å². The molecule has 13 rings (SSSR count). The summed E-state index contributed by atoms with van der Waals surface area (Å²) < 4.78 is 7.61. The maximum absolute atomic E-state index is 2.50. The highest BCUT2D eigenvalue weighted by molar-refractivity contribution is 7.25. The van der Waals surface area contributed by atoms with E-state index in [-0.39, 0.29) is 0 Å². The number of nitrogens with zero attached hydrogens (tertiary/aromatic N) is 2. The van der Waals surface area contributed by atoms with Crippen molar-refractivity contribution in [3.05, 3.63) is 229 Å². The smallest absolute Gasteiger partial charge is 0.0715 e. The lowest BCUT2D eigenvalue weighted by molar-refractivity contribution is 0.766. The molecule has 0 amide bonds. The molecule has 1 aliphatic rings. The van der Waals surface area contributed by atoms with Crippen LogP contribution in [0.3, 0.4) is 0 Å². The first-order valence-corrected chi connectivity index (χ1v) is 20.8. The van der Waals surface area contributed by atoms with Gasteiger partial charge in [0.25, 0.3) is 0 Å². The zero-order chi connectivity index (χ0) is 38.0. The molecule has 9 aromatic carbocycles. The summed E-state index contributed by atoms with van der Waals surface area (Å²) in [4.78, 5) is 0. The Balaban J connectivity index is 1.12. The van der Waals surface area contributed by atoms with Crippen LogP contribution in [0.4, 0.5) is 0 Å². The van der Waals surface area contributed by atoms with Crippen LogP contribution in [-0.2, 0) is 5.41 Å². The van der Waals surface area contributed by atoms with E-state index in [4.69, 9.17) is 0 Å². The predicted octanol–water partition coefficient (Wildman–Crippen LogP) is 14.6. The third kappa shape index (κ3) is 4.21. The number of thiophene rings is 1. The van der Waals surface area contributed by atoms with Gasteiger partial charge in [-0.05, 0) is 94.0 Å². The van der Waals surface area contributed by atoms with Gasteiger partial charge in [-0.3, -0.25) is 0 Å². The maximum Gasteiger partial charge on any atom is 0.0715 e. The molecule has 270 valence electrons. The van der Waals surface area contributed by atoms with Crippen LogP contribution in [0.5, 0.6) is 0 Å². The first kappa shape index (κ1) is 31.9. The Morgan fingerprint density at radius 3 is 1.31 bits per heavy atom. The van der Waals surface area contributed by atoms with Gasteiger partial charge >= 0.3 is 0 Å². The van der Waals surface area contributed by atoms with Crippen LogP contribution in [0.15, 0.2) is 206 Å². The second-order valence-corrected chi connectivity index (χ2v) is 16.7. The van der Waals surface area contributed by atoms with Crippen molar-refractivity contribution < 1.29 is 0 Å². The highest BCUT2D eigenvalue weighted by Crippen LogP contribution is 2.57. The second kappa shape index (κ2) is 11.9. The van der Waals surface area contributed by atoms with Gasteiger partial charge in [0.1, 0.15) is 0 Å². The van der Waals surface area contributed by atoms with Crippen LogP contribution in [0, 0.1) is 0 Å². The topological polar surface area (TPSA) is 9.86 Å². The minimum absolute atomic E-state index is 0.576. The zero-order valence-electron chi connectivity index (χ0n) is 31.4. The molecule has 0 N–H and O–H groups in total. The molecule has 12 aromatic rings. The van der Waals surface area contributed by atoms with Crippen LogP contribution < -0.4 is 0 Å². The second-order valence-electron chi connectivity index (χ2n) is 15.6. The zero-order valence-corrected chi connectivity index (χ0v) is 32.2. The standard InChI is InChI=1S/C55H34N2S/c1-3-15-35(16-4-1)55(36-17-5-2-6-18-36)47-31-37(56-49-23-11-7-19-41(49)42-20-8-12-24-50(42)56)27-29-39(47)40-30-28-38(32-48(40)55)57-51-25-13-9-21-43(51)45-34-54-46(33-52(45)57)44-22-10-14-26-53(44)58-54/h1-34H. The highest BCUT2D eigenvalue weighted by Gasteiger charge is 2.46. The van der Waals surface area contributed by atoms with Crippen molar-refractivity contribution in [2.75, 3.05) is 0 Å². The van der Waals surface area contributed by atoms with Crippen molar-refractivity contribution in [2.24, 2.45) is 0 Å². The van der Waals surface area contributed by atoms with E-state index >= 15 is 0 Å². The SMILES string of the molecule is c1ccc(C2(c3ccccc3)c3cc(-n4c5ccccc5c5ccccc54)ccc3-c3ccc(-n4c5ccccc5c5cc6sc7ccccc7c6cc54)cc32)cc1. The molecule has 3 heteroatoms. The summed E-state index contributed by atoms with van der Waals surface area (Å²) in [6, 6.07) is 76.9. The Hall–Kier alpha value is -7.20. The molecule has 0 spiro atoms. The van der Waals surface area contributed by atoms with Gasteiger partial charge in [0, 0.05) is 53.1 Å². The van der Waals surface area contributed by atoms with E-state index in [0.717, 1.165) is 11.4 Å². The number of benzene rings is 9. The normalized spacial score (nSPS) is 13.3. The maximum atomic E-state index is 2.50. The Morgan fingerprint density at radius 1 is 0.310 bits per heavy atom. The van der Waals surface area contributed by atoms with E-state index in [1.807, 2.05) is 11.3 Å². The summed E-state index contributed by atoms with van der Waals surface area (Å²) in [5, 5.41) is 7.72. The number of hydrogen-bond donors (Lipinski definition) is 0. The first-order valence-electron chi connectivity index (χ1n) is 20.0. The summed E-state index contributed by atoms with van der Waals surface area (Å²) in [5.74, 6) is 0. The van der Waals surface area contributed by atoms with E-state index < -0.39 is 5.41 Å².